The highest BCUT2D eigenvalue weighted by atomic mass is 16.5. The number of hydrogen-bond donors (Lipinski definition) is 0. The molecule has 0 fully saturated rings. The lowest BCUT2D eigenvalue weighted by molar-refractivity contribution is 0.415. The molecule has 1 rings (SSSR count). The molecule has 0 aliphatic rings. The average Bonchev–Trinajstić information content (AvgIpc) is 2.15. The minimum absolute atomic E-state index is 0.827. The number of aliphatic imine (C=N–C) groups is 1. The molecule has 70 valence electrons. The predicted molar refractivity (Wildman–Crippen MR) is 54.8 cm³/mol. The number of benzene rings is 1. The average molecular weight is 178 g/mol. The first-order chi connectivity index (χ1) is 6.22. The van der Waals surface area contributed by atoms with E-state index in [1.54, 1.807) is 13.4 Å². The van der Waals surface area contributed by atoms with Crippen LogP contribution in [0.3, 0.4) is 0 Å². The molecule has 0 amide bonds. The molecular weight excluding hydrogens is 164 g/mol. The number of nitrogens with zero attached hydrogens (tertiary/aromatic N) is 2. The van der Waals surface area contributed by atoms with Gasteiger partial charge >= 0.3 is 0 Å². The molecule has 0 bridgehead atoms. The molecule has 0 aliphatic heterocycles. The lowest BCUT2D eigenvalue weighted by atomic mass is 10.3. The zero-order valence-corrected chi connectivity index (χ0v) is 8.19. The smallest absolute Gasteiger partial charge is 0.121 e. The minimum Gasteiger partial charge on any atom is -0.497 e. The molecule has 1 aromatic rings. The molecule has 0 atom stereocenters. The van der Waals surface area contributed by atoms with Crippen LogP contribution in [0.15, 0.2) is 29.3 Å². The fourth-order valence-electron chi connectivity index (χ4n) is 0.873. The largest absolute Gasteiger partial charge is 0.497 e. The Morgan fingerprint density at radius 2 is 2.15 bits per heavy atom. The fourth-order valence-corrected chi connectivity index (χ4v) is 0.873. The van der Waals surface area contributed by atoms with Crippen molar-refractivity contribution in [2.75, 3.05) is 21.2 Å². The van der Waals surface area contributed by atoms with Crippen molar-refractivity contribution in [2.45, 2.75) is 0 Å². The van der Waals surface area contributed by atoms with E-state index >= 15 is 0 Å². The van der Waals surface area contributed by atoms with Crippen LogP contribution in [0.1, 0.15) is 0 Å². The zero-order valence-electron chi connectivity index (χ0n) is 8.19. The lowest BCUT2D eigenvalue weighted by Gasteiger charge is -2.03. The molecule has 0 saturated heterocycles. The van der Waals surface area contributed by atoms with Crippen molar-refractivity contribution >= 4 is 12.0 Å². The summed E-state index contributed by atoms with van der Waals surface area (Å²) in [6, 6.07) is 7.64. The van der Waals surface area contributed by atoms with Crippen LogP contribution < -0.4 is 4.74 Å². The van der Waals surface area contributed by atoms with E-state index in [2.05, 4.69) is 4.99 Å². The van der Waals surface area contributed by atoms with Gasteiger partial charge in [-0.25, -0.2) is 4.99 Å². The van der Waals surface area contributed by atoms with Crippen molar-refractivity contribution in [1.29, 1.82) is 0 Å². The summed E-state index contributed by atoms with van der Waals surface area (Å²) in [5.41, 5.74) is 0.896. The SMILES string of the molecule is COc1cccc(N=CN(C)C)c1. The van der Waals surface area contributed by atoms with E-state index in [0.717, 1.165) is 11.4 Å². The van der Waals surface area contributed by atoms with Gasteiger partial charge in [-0.2, -0.15) is 0 Å². The third kappa shape index (κ3) is 3.15. The first-order valence-corrected chi connectivity index (χ1v) is 4.07. The van der Waals surface area contributed by atoms with Crippen LogP contribution in [0.25, 0.3) is 0 Å². The lowest BCUT2D eigenvalue weighted by Crippen LogP contribution is -2.06. The summed E-state index contributed by atoms with van der Waals surface area (Å²) in [7, 11) is 5.52. The van der Waals surface area contributed by atoms with Gasteiger partial charge in [-0.3, -0.25) is 0 Å². The van der Waals surface area contributed by atoms with Gasteiger partial charge in [0.15, 0.2) is 0 Å². The maximum atomic E-state index is 5.07. The van der Waals surface area contributed by atoms with Gasteiger partial charge < -0.3 is 9.64 Å². The normalized spacial score (nSPS) is 10.4. The third-order valence-corrected chi connectivity index (χ3v) is 1.49. The molecule has 0 saturated carbocycles. The van der Waals surface area contributed by atoms with Gasteiger partial charge in [0.1, 0.15) is 5.75 Å². The summed E-state index contributed by atoms with van der Waals surface area (Å²) < 4.78 is 5.07. The second-order valence-corrected chi connectivity index (χ2v) is 2.91. The summed E-state index contributed by atoms with van der Waals surface area (Å²) in [6.07, 6.45) is 1.76. The maximum Gasteiger partial charge on any atom is 0.121 e. The molecule has 0 unspecified atom stereocenters. The molecule has 1 aromatic carbocycles. The first kappa shape index (κ1) is 9.58. The van der Waals surface area contributed by atoms with E-state index in [9.17, 15) is 0 Å². The molecule has 0 radical (unpaired) electrons. The Balaban J connectivity index is 2.77. The Kier molecular flexibility index (Phi) is 3.31. The highest BCUT2D eigenvalue weighted by Gasteiger charge is 1.91. The molecule has 0 N–H and O–H groups in total. The van der Waals surface area contributed by atoms with Crippen molar-refractivity contribution in [1.82, 2.24) is 4.90 Å². The van der Waals surface area contributed by atoms with Crippen molar-refractivity contribution in [3.63, 3.8) is 0 Å². The molecule has 3 heteroatoms. The molecule has 0 heterocycles. The predicted octanol–water partition coefficient (Wildman–Crippen LogP) is 1.92. The quantitative estimate of drug-likeness (QED) is 0.521. The van der Waals surface area contributed by atoms with Gasteiger partial charge in [0, 0.05) is 20.2 Å². The van der Waals surface area contributed by atoms with E-state index in [1.807, 2.05) is 43.3 Å². The van der Waals surface area contributed by atoms with Crippen LogP contribution in [0, 0.1) is 0 Å². The standard InChI is InChI=1S/C10H14N2O/c1-12(2)8-11-9-5-4-6-10(7-9)13-3/h4-8H,1-3H3. The fraction of sp³-hybridized carbons (Fsp3) is 0.300. The Hall–Kier alpha value is -1.51. The van der Waals surface area contributed by atoms with Crippen LogP contribution in [0.2, 0.25) is 0 Å². The summed E-state index contributed by atoms with van der Waals surface area (Å²) in [6.45, 7) is 0. The van der Waals surface area contributed by atoms with E-state index in [1.165, 1.54) is 0 Å². The summed E-state index contributed by atoms with van der Waals surface area (Å²) in [4.78, 5) is 6.12. The third-order valence-electron chi connectivity index (χ3n) is 1.49. The summed E-state index contributed by atoms with van der Waals surface area (Å²) >= 11 is 0. The number of hydrogen-bond acceptors (Lipinski definition) is 2. The van der Waals surface area contributed by atoms with Crippen LogP contribution in [-0.4, -0.2) is 32.4 Å². The first-order valence-electron chi connectivity index (χ1n) is 4.07. The highest BCUT2D eigenvalue weighted by Crippen LogP contribution is 2.18. The van der Waals surface area contributed by atoms with Gasteiger partial charge in [-0.05, 0) is 12.1 Å². The van der Waals surface area contributed by atoms with Gasteiger partial charge in [-0.15, -0.1) is 0 Å². The molecule has 0 aliphatic carbocycles. The second kappa shape index (κ2) is 4.50. The van der Waals surface area contributed by atoms with E-state index in [0.29, 0.717) is 0 Å². The van der Waals surface area contributed by atoms with Gasteiger partial charge in [0.2, 0.25) is 0 Å². The maximum absolute atomic E-state index is 5.07. The highest BCUT2D eigenvalue weighted by molar-refractivity contribution is 5.61. The Morgan fingerprint density at radius 3 is 2.77 bits per heavy atom. The Morgan fingerprint density at radius 1 is 1.38 bits per heavy atom. The number of rotatable bonds is 3. The molecule has 3 nitrogen and oxygen atoms in total. The molecule has 13 heavy (non-hydrogen) atoms. The zero-order chi connectivity index (χ0) is 9.68. The van der Waals surface area contributed by atoms with Gasteiger partial charge in [0.25, 0.3) is 0 Å². The second-order valence-electron chi connectivity index (χ2n) is 2.91. The Labute approximate surface area is 78.7 Å². The van der Waals surface area contributed by atoms with E-state index < -0.39 is 0 Å². The van der Waals surface area contributed by atoms with Crippen molar-refractivity contribution in [2.24, 2.45) is 4.99 Å². The van der Waals surface area contributed by atoms with Crippen molar-refractivity contribution in [3.8, 4) is 5.75 Å². The monoisotopic (exact) mass is 178 g/mol. The summed E-state index contributed by atoms with van der Waals surface area (Å²) in [5, 5.41) is 0. The van der Waals surface area contributed by atoms with E-state index in [-0.39, 0.29) is 0 Å². The van der Waals surface area contributed by atoms with Crippen LogP contribution in [0.4, 0.5) is 5.69 Å². The topological polar surface area (TPSA) is 24.8 Å². The minimum atomic E-state index is 0.827. The molecular formula is C10H14N2O. The van der Waals surface area contributed by atoms with Crippen LogP contribution in [0.5, 0.6) is 5.75 Å². The number of ether oxygens (including phenoxy) is 1. The van der Waals surface area contributed by atoms with E-state index in [4.69, 9.17) is 4.74 Å². The van der Waals surface area contributed by atoms with Crippen molar-refractivity contribution < 1.29 is 4.74 Å². The molecule has 0 spiro atoms. The molecule has 0 aromatic heterocycles. The Bertz CT molecular complexity index is 295. The van der Waals surface area contributed by atoms with Crippen molar-refractivity contribution in [3.05, 3.63) is 24.3 Å². The number of methoxy groups -OCH3 is 1. The van der Waals surface area contributed by atoms with Gasteiger partial charge in [-0.1, -0.05) is 6.07 Å². The summed E-state index contributed by atoms with van der Waals surface area (Å²) in [5.74, 6) is 0.827. The van der Waals surface area contributed by atoms with Gasteiger partial charge in [0.05, 0.1) is 19.1 Å². The van der Waals surface area contributed by atoms with Crippen LogP contribution in [-0.2, 0) is 0 Å². The van der Waals surface area contributed by atoms with Crippen LogP contribution >= 0.6 is 0 Å².